The van der Waals surface area contributed by atoms with Gasteiger partial charge in [-0.05, 0) is 55.0 Å². The number of hydrogen-bond donors (Lipinski definition) is 2. The van der Waals surface area contributed by atoms with Crippen molar-refractivity contribution in [2.45, 2.75) is 11.8 Å². The van der Waals surface area contributed by atoms with Gasteiger partial charge < -0.3 is 5.32 Å². The fraction of sp³-hybridized carbons (Fsp3) is 0.0455. The third-order valence-electron chi connectivity index (χ3n) is 4.50. The van der Waals surface area contributed by atoms with Crippen LogP contribution in [0.1, 0.15) is 16.1 Å². The van der Waals surface area contributed by atoms with Crippen LogP contribution in [0.4, 0.5) is 11.6 Å². The number of carbonyl (C=O) groups excluding carboxylic acids is 1. The third-order valence-corrected chi connectivity index (χ3v) is 5.85. The first-order valence-electron chi connectivity index (χ1n) is 9.70. The number of rotatable bonds is 6. The molecule has 0 radical (unpaired) electrons. The van der Waals surface area contributed by atoms with E-state index in [4.69, 9.17) is 0 Å². The number of sulfonamides is 1. The zero-order chi connectivity index (χ0) is 23.4. The summed E-state index contributed by atoms with van der Waals surface area (Å²) in [5.41, 5.74) is 1.17. The summed E-state index contributed by atoms with van der Waals surface area (Å²) in [5.74, 6) is -0.775. The van der Waals surface area contributed by atoms with E-state index in [1.165, 1.54) is 53.6 Å². The molecule has 11 heteroatoms. The van der Waals surface area contributed by atoms with Crippen molar-refractivity contribution in [3.05, 3.63) is 101 Å². The van der Waals surface area contributed by atoms with Crippen LogP contribution in [0.15, 0.2) is 88.9 Å². The maximum absolute atomic E-state index is 12.7. The molecule has 2 aromatic heterocycles. The molecule has 4 rings (SSSR count). The van der Waals surface area contributed by atoms with Crippen LogP contribution in [0, 0.1) is 6.92 Å². The molecule has 166 valence electrons. The Morgan fingerprint density at radius 3 is 2.39 bits per heavy atom. The molecule has 0 aliphatic carbocycles. The maximum atomic E-state index is 12.7. The van der Waals surface area contributed by atoms with Crippen molar-refractivity contribution in [1.82, 2.24) is 19.7 Å². The molecular formula is C22H18N6O4S. The van der Waals surface area contributed by atoms with Gasteiger partial charge in [0, 0.05) is 30.3 Å². The topological polar surface area (TPSA) is 136 Å². The van der Waals surface area contributed by atoms with E-state index in [0.29, 0.717) is 11.4 Å². The monoisotopic (exact) mass is 462 g/mol. The lowest BCUT2D eigenvalue weighted by Gasteiger charge is -2.10. The molecule has 2 N–H and O–H groups in total. The van der Waals surface area contributed by atoms with Crippen LogP contribution < -0.4 is 15.5 Å². The van der Waals surface area contributed by atoms with E-state index in [0.717, 1.165) is 5.56 Å². The Kier molecular flexibility index (Phi) is 5.96. The van der Waals surface area contributed by atoms with Crippen molar-refractivity contribution in [1.29, 1.82) is 0 Å². The normalized spacial score (nSPS) is 11.1. The van der Waals surface area contributed by atoms with Crippen molar-refractivity contribution >= 4 is 27.6 Å². The molecule has 0 spiro atoms. The molecule has 0 aliphatic rings. The van der Waals surface area contributed by atoms with E-state index >= 15 is 0 Å². The van der Waals surface area contributed by atoms with Crippen molar-refractivity contribution in [2.24, 2.45) is 0 Å². The summed E-state index contributed by atoms with van der Waals surface area (Å²) in [6, 6.07) is 15.7. The van der Waals surface area contributed by atoms with Gasteiger partial charge in [-0.1, -0.05) is 12.1 Å². The van der Waals surface area contributed by atoms with Crippen LogP contribution >= 0.6 is 0 Å². The number of carbonyl (C=O) groups is 1. The van der Waals surface area contributed by atoms with E-state index < -0.39 is 21.4 Å². The molecule has 4 aromatic rings. The second-order valence-electron chi connectivity index (χ2n) is 6.97. The lowest BCUT2D eigenvalue weighted by molar-refractivity contribution is 0.101. The minimum atomic E-state index is -3.91. The summed E-state index contributed by atoms with van der Waals surface area (Å²) in [5, 5.41) is 6.72. The standard InChI is InChI=1S/C22H18N6O4S/c1-15-4-2-5-17(14-15)28-13-10-19(29)20(26-28)21(30)25-16-6-8-18(9-7-16)33(31,32)27-22-23-11-3-12-24-22/h2-14H,1H3,(H,25,30)(H,23,24,27). The SMILES string of the molecule is Cc1cccc(-n2ccc(=O)c(C(=O)Nc3ccc(S(=O)(=O)Nc4ncccn4)cc3)n2)c1. The molecule has 0 saturated heterocycles. The van der Waals surface area contributed by atoms with Gasteiger partial charge in [0.2, 0.25) is 11.4 Å². The van der Waals surface area contributed by atoms with Gasteiger partial charge in [-0.25, -0.2) is 27.8 Å². The Morgan fingerprint density at radius 2 is 1.70 bits per heavy atom. The van der Waals surface area contributed by atoms with E-state index in [9.17, 15) is 18.0 Å². The highest BCUT2D eigenvalue weighted by molar-refractivity contribution is 7.92. The van der Waals surface area contributed by atoms with Crippen molar-refractivity contribution in [2.75, 3.05) is 10.0 Å². The Morgan fingerprint density at radius 1 is 0.970 bits per heavy atom. The minimum absolute atomic E-state index is 0.0485. The summed E-state index contributed by atoms with van der Waals surface area (Å²) in [4.78, 5) is 32.5. The second kappa shape index (κ2) is 9.01. The molecule has 2 heterocycles. The number of hydrogen-bond acceptors (Lipinski definition) is 7. The fourth-order valence-corrected chi connectivity index (χ4v) is 3.88. The molecule has 1 amide bonds. The third kappa shape index (κ3) is 5.10. The van der Waals surface area contributed by atoms with E-state index in [1.54, 1.807) is 12.1 Å². The van der Waals surface area contributed by atoms with Crippen molar-refractivity contribution in [3.63, 3.8) is 0 Å². The Balaban J connectivity index is 1.52. The molecule has 0 aliphatic heterocycles. The Bertz CT molecular complexity index is 1470. The van der Waals surface area contributed by atoms with Crippen molar-refractivity contribution < 1.29 is 13.2 Å². The van der Waals surface area contributed by atoms with Crippen LogP contribution in [0.5, 0.6) is 0 Å². The first-order valence-corrected chi connectivity index (χ1v) is 11.2. The smallest absolute Gasteiger partial charge is 0.280 e. The van der Waals surface area contributed by atoms with Gasteiger partial charge in [0.25, 0.3) is 15.9 Å². The number of aryl methyl sites for hydroxylation is 1. The maximum Gasteiger partial charge on any atom is 0.280 e. The number of aromatic nitrogens is 4. The van der Waals surface area contributed by atoms with Crippen LogP contribution in [-0.2, 0) is 10.0 Å². The van der Waals surface area contributed by atoms with Crippen LogP contribution in [0.2, 0.25) is 0 Å². The molecular weight excluding hydrogens is 444 g/mol. The molecule has 0 saturated carbocycles. The van der Waals surface area contributed by atoms with Crippen molar-refractivity contribution in [3.8, 4) is 5.69 Å². The second-order valence-corrected chi connectivity index (χ2v) is 8.65. The average molecular weight is 462 g/mol. The van der Waals surface area contributed by atoms with E-state index in [2.05, 4.69) is 25.1 Å². The largest absolute Gasteiger partial charge is 0.320 e. The van der Waals surface area contributed by atoms with Crippen LogP contribution in [0.25, 0.3) is 5.69 Å². The average Bonchev–Trinajstić information content (AvgIpc) is 2.80. The summed E-state index contributed by atoms with van der Waals surface area (Å²) in [7, 11) is -3.91. The molecule has 0 fully saturated rings. The number of nitrogens with zero attached hydrogens (tertiary/aromatic N) is 4. The highest BCUT2D eigenvalue weighted by Gasteiger charge is 2.17. The number of anilines is 2. The predicted octanol–water partition coefficient (Wildman–Crippen LogP) is 2.38. The fourth-order valence-electron chi connectivity index (χ4n) is 2.92. The quantitative estimate of drug-likeness (QED) is 0.449. The lowest BCUT2D eigenvalue weighted by Crippen LogP contribution is -2.25. The lowest BCUT2D eigenvalue weighted by atomic mass is 10.2. The zero-order valence-electron chi connectivity index (χ0n) is 17.3. The minimum Gasteiger partial charge on any atom is -0.320 e. The van der Waals surface area contributed by atoms with E-state index in [-0.39, 0.29) is 16.5 Å². The van der Waals surface area contributed by atoms with Gasteiger partial charge in [-0.3, -0.25) is 9.59 Å². The zero-order valence-corrected chi connectivity index (χ0v) is 18.2. The van der Waals surface area contributed by atoms with Gasteiger partial charge in [-0.15, -0.1) is 0 Å². The Hall–Kier alpha value is -4.38. The highest BCUT2D eigenvalue weighted by Crippen LogP contribution is 2.17. The Labute approximate surface area is 189 Å². The predicted molar refractivity (Wildman–Crippen MR) is 122 cm³/mol. The molecule has 0 unspecified atom stereocenters. The van der Waals surface area contributed by atoms with Gasteiger partial charge in [-0.2, -0.15) is 5.10 Å². The van der Waals surface area contributed by atoms with Crippen LogP contribution in [-0.4, -0.2) is 34.1 Å². The van der Waals surface area contributed by atoms with Crippen LogP contribution in [0.3, 0.4) is 0 Å². The molecule has 0 atom stereocenters. The first-order chi connectivity index (χ1) is 15.8. The summed E-state index contributed by atoms with van der Waals surface area (Å²) in [6.07, 6.45) is 4.30. The number of benzene rings is 2. The van der Waals surface area contributed by atoms with Gasteiger partial charge >= 0.3 is 0 Å². The summed E-state index contributed by atoms with van der Waals surface area (Å²) < 4.78 is 28.6. The van der Waals surface area contributed by atoms with E-state index in [1.807, 2.05) is 25.1 Å². The number of amides is 1. The summed E-state index contributed by atoms with van der Waals surface area (Å²) >= 11 is 0. The first kappa shape index (κ1) is 21.8. The molecule has 2 aromatic carbocycles. The van der Waals surface area contributed by atoms with Gasteiger partial charge in [0.15, 0.2) is 5.69 Å². The number of nitrogens with one attached hydrogen (secondary N) is 2. The highest BCUT2D eigenvalue weighted by atomic mass is 32.2. The molecule has 10 nitrogen and oxygen atoms in total. The van der Waals surface area contributed by atoms with Gasteiger partial charge in [0.1, 0.15) is 0 Å². The van der Waals surface area contributed by atoms with Gasteiger partial charge in [0.05, 0.1) is 10.6 Å². The molecule has 33 heavy (non-hydrogen) atoms. The molecule has 0 bridgehead atoms. The summed E-state index contributed by atoms with van der Waals surface area (Å²) in [6.45, 7) is 1.92.